The summed E-state index contributed by atoms with van der Waals surface area (Å²) in [6.07, 6.45) is -5.51. The van der Waals surface area contributed by atoms with Gasteiger partial charge in [0.1, 0.15) is 6.20 Å². The average molecular weight is 312 g/mol. The predicted molar refractivity (Wildman–Crippen MR) is 57.9 cm³/mol. The molecule has 0 aliphatic heterocycles. The summed E-state index contributed by atoms with van der Waals surface area (Å²) in [6, 6.07) is 0. The summed E-state index contributed by atoms with van der Waals surface area (Å²) in [4.78, 5) is 23.4. The van der Waals surface area contributed by atoms with E-state index in [2.05, 4.69) is 14.5 Å². The fraction of sp³-hybridized carbons (Fsp3) is 0.400. The molecule has 7 nitrogen and oxygen atoms in total. The molecule has 0 aliphatic rings. The Labute approximate surface area is 114 Å². The van der Waals surface area contributed by atoms with Crippen LogP contribution >= 0.6 is 0 Å². The average Bonchev–Trinajstić information content (AvgIpc) is 2.32. The van der Waals surface area contributed by atoms with Crippen molar-refractivity contribution in [2.75, 3.05) is 6.61 Å². The molecule has 11 heteroatoms. The van der Waals surface area contributed by atoms with Crippen LogP contribution < -0.4 is 4.74 Å². The molecule has 21 heavy (non-hydrogen) atoms. The van der Waals surface area contributed by atoms with E-state index < -0.39 is 46.6 Å². The summed E-state index contributed by atoms with van der Waals surface area (Å²) in [5.74, 6) is -5.76. The summed E-state index contributed by atoms with van der Waals surface area (Å²) in [7, 11) is 0. The molecule has 0 fully saturated rings. The van der Waals surface area contributed by atoms with Crippen LogP contribution in [-0.4, -0.2) is 28.8 Å². The minimum atomic E-state index is -5.35. The van der Waals surface area contributed by atoms with Crippen molar-refractivity contribution < 1.29 is 36.8 Å². The van der Waals surface area contributed by atoms with Crippen molar-refractivity contribution in [3.63, 3.8) is 0 Å². The van der Waals surface area contributed by atoms with Crippen molar-refractivity contribution in [1.82, 2.24) is 4.98 Å². The smallest absolute Gasteiger partial charge is 0.466 e. The highest BCUT2D eigenvalue weighted by molar-refractivity contribution is 5.72. The lowest BCUT2D eigenvalue weighted by atomic mass is 10.2. The number of rotatable bonds is 5. The zero-order chi connectivity index (χ0) is 16.2. The van der Waals surface area contributed by atoms with Gasteiger partial charge in [-0.1, -0.05) is 0 Å². The number of carbonyl (C=O) groups excluding carboxylic acids is 1. The van der Waals surface area contributed by atoms with E-state index in [0.717, 1.165) is 0 Å². The molecular formula is C10H8F4N2O5. The first kappa shape index (κ1) is 16.6. The molecule has 0 radical (unpaired) electrons. The summed E-state index contributed by atoms with van der Waals surface area (Å²) in [5.41, 5.74) is -0.613. The SMILES string of the molecule is CCOC(=O)Cc1cnc([N+](=O)[O-])c(OC(F)(F)F)c1F. The second-order valence-corrected chi connectivity index (χ2v) is 3.54. The number of nitrogens with zero attached hydrogens (tertiary/aromatic N) is 2. The molecule has 0 saturated carbocycles. The molecule has 1 heterocycles. The molecule has 1 aromatic heterocycles. The fourth-order valence-corrected chi connectivity index (χ4v) is 1.33. The molecule has 0 N–H and O–H groups in total. The number of halogens is 4. The fourth-order valence-electron chi connectivity index (χ4n) is 1.33. The van der Waals surface area contributed by atoms with Crippen LogP contribution in [-0.2, 0) is 16.0 Å². The second-order valence-electron chi connectivity index (χ2n) is 3.54. The predicted octanol–water partition coefficient (Wildman–Crippen LogP) is 2.13. The number of ether oxygens (including phenoxy) is 2. The van der Waals surface area contributed by atoms with Crippen molar-refractivity contribution in [3.05, 3.63) is 27.7 Å². The number of aromatic nitrogens is 1. The molecule has 1 rings (SSSR count). The van der Waals surface area contributed by atoms with E-state index in [4.69, 9.17) is 0 Å². The minimum Gasteiger partial charge on any atom is -0.466 e. The van der Waals surface area contributed by atoms with Crippen LogP contribution in [0.2, 0.25) is 0 Å². The van der Waals surface area contributed by atoms with Crippen LogP contribution in [0, 0.1) is 15.9 Å². The topological polar surface area (TPSA) is 91.6 Å². The Morgan fingerprint density at radius 1 is 1.48 bits per heavy atom. The Morgan fingerprint density at radius 3 is 2.57 bits per heavy atom. The number of esters is 1. The largest absolute Gasteiger partial charge is 0.573 e. The molecule has 116 valence electrons. The molecule has 1 aromatic rings. The molecule has 0 bridgehead atoms. The lowest BCUT2D eigenvalue weighted by Crippen LogP contribution is -2.20. The molecule has 0 aromatic carbocycles. The van der Waals surface area contributed by atoms with E-state index in [1.807, 2.05) is 0 Å². The highest BCUT2D eigenvalue weighted by Gasteiger charge is 2.38. The lowest BCUT2D eigenvalue weighted by Gasteiger charge is -2.11. The van der Waals surface area contributed by atoms with Gasteiger partial charge in [-0.3, -0.25) is 4.79 Å². The zero-order valence-corrected chi connectivity index (χ0v) is 10.4. The molecule has 0 spiro atoms. The van der Waals surface area contributed by atoms with Gasteiger partial charge in [0.25, 0.3) is 5.75 Å². The van der Waals surface area contributed by atoms with E-state index in [0.29, 0.717) is 6.20 Å². The van der Waals surface area contributed by atoms with Crippen molar-refractivity contribution in [2.24, 2.45) is 0 Å². The first-order valence-corrected chi connectivity index (χ1v) is 5.38. The summed E-state index contributed by atoms with van der Waals surface area (Å²) >= 11 is 0. The Morgan fingerprint density at radius 2 is 2.10 bits per heavy atom. The number of hydrogen-bond acceptors (Lipinski definition) is 6. The molecule has 0 atom stereocenters. The van der Waals surface area contributed by atoms with E-state index in [9.17, 15) is 32.5 Å². The van der Waals surface area contributed by atoms with Crippen LogP contribution in [0.4, 0.5) is 23.4 Å². The summed E-state index contributed by atoms with van der Waals surface area (Å²) in [5, 5.41) is 10.5. The van der Waals surface area contributed by atoms with Crippen LogP contribution in [0.25, 0.3) is 0 Å². The molecule has 0 amide bonds. The van der Waals surface area contributed by atoms with Gasteiger partial charge >= 0.3 is 18.1 Å². The van der Waals surface area contributed by atoms with Crippen LogP contribution in [0.5, 0.6) is 5.75 Å². The number of carbonyl (C=O) groups is 1. The molecule has 0 unspecified atom stereocenters. The van der Waals surface area contributed by atoms with E-state index in [1.54, 1.807) is 0 Å². The molecular weight excluding hydrogens is 304 g/mol. The van der Waals surface area contributed by atoms with Gasteiger partial charge in [0, 0.05) is 5.56 Å². The van der Waals surface area contributed by atoms with Crippen molar-refractivity contribution in [1.29, 1.82) is 0 Å². The van der Waals surface area contributed by atoms with Gasteiger partial charge in [-0.2, -0.15) is 0 Å². The third kappa shape index (κ3) is 4.54. The van der Waals surface area contributed by atoms with Gasteiger partial charge in [0.2, 0.25) is 0 Å². The number of nitro groups is 1. The normalized spacial score (nSPS) is 11.1. The first-order valence-electron chi connectivity index (χ1n) is 5.38. The third-order valence-electron chi connectivity index (χ3n) is 2.06. The van der Waals surface area contributed by atoms with Crippen molar-refractivity contribution >= 4 is 11.8 Å². The van der Waals surface area contributed by atoms with Crippen LogP contribution in [0.15, 0.2) is 6.20 Å². The highest BCUT2D eigenvalue weighted by atomic mass is 19.4. The van der Waals surface area contributed by atoms with Gasteiger partial charge in [0.15, 0.2) is 5.82 Å². The maximum absolute atomic E-state index is 13.8. The standard InChI is InChI=1S/C10H8F4N2O5/c1-2-20-6(17)3-5-4-15-9(16(18)19)8(7(5)11)21-10(12,13)14/h4H,2-3H2,1H3. The minimum absolute atomic E-state index is 0.0211. The molecule has 0 aliphatic carbocycles. The monoisotopic (exact) mass is 312 g/mol. The van der Waals surface area contributed by atoms with Gasteiger partial charge in [0.05, 0.1) is 13.0 Å². The molecule has 0 saturated heterocycles. The Kier molecular flexibility index (Phi) is 5.00. The van der Waals surface area contributed by atoms with Crippen molar-refractivity contribution in [3.8, 4) is 5.75 Å². The zero-order valence-electron chi connectivity index (χ0n) is 10.4. The van der Waals surface area contributed by atoms with E-state index in [1.165, 1.54) is 6.92 Å². The van der Waals surface area contributed by atoms with E-state index >= 15 is 0 Å². The third-order valence-corrected chi connectivity index (χ3v) is 2.06. The van der Waals surface area contributed by atoms with Gasteiger partial charge in [-0.15, -0.1) is 13.2 Å². The van der Waals surface area contributed by atoms with Gasteiger partial charge < -0.3 is 19.6 Å². The summed E-state index contributed by atoms with van der Waals surface area (Å²) < 4.78 is 58.1. The lowest BCUT2D eigenvalue weighted by molar-refractivity contribution is -0.393. The number of pyridine rings is 1. The van der Waals surface area contributed by atoms with Crippen molar-refractivity contribution in [2.45, 2.75) is 19.7 Å². The van der Waals surface area contributed by atoms with Crippen LogP contribution in [0.3, 0.4) is 0 Å². The highest BCUT2D eigenvalue weighted by Crippen LogP contribution is 2.34. The Balaban J connectivity index is 3.23. The van der Waals surface area contributed by atoms with Crippen LogP contribution in [0.1, 0.15) is 12.5 Å². The number of alkyl halides is 3. The second kappa shape index (κ2) is 6.33. The summed E-state index contributed by atoms with van der Waals surface area (Å²) in [6.45, 7) is 1.45. The quantitative estimate of drug-likeness (QED) is 0.358. The maximum atomic E-state index is 13.8. The number of hydrogen-bond donors (Lipinski definition) is 0. The van der Waals surface area contributed by atoms with E-state index in [-0.39, 0.29) is 6.61 Å². The van der Waals surface area contributed by atoms with Gasteiger partial charge in [-0.05, 0) is 16.8 Å². The maximum Gasteiger partial charge on any atom is 0.573 e. The first-order chi connectivity index (χ1) is 9.65. The van der Waals surface area contributed by atoms with Gasteiger partial charge in [-0.25, -0.2) is 4.39 Å². The Bertz CT molecular complexity index is 561. The Hall–Kier alpha value is -2.46.